The Morgan fingerprint density at radius 2 is 2.08 bits per heavy atom. The third kappa shape index (κ3) is 1.37. The molecule has 0 amide bonds. The average molecular weight is 178 g/mol. The van der Waals surface area contributed by atoms with Crippen LogP contribution in [-0.2, 0) is 13.6 Å². The molecule has 0 spiro atoms. The Balaban J connectivity index is 2.24. The molecular weight excluding hydrogens is 168 g/mol. The summed E-state index contributed by atoms with van der Waals surface area (Å²) in [6.45, 7) is 0.659. The Morgan fingerprint density at radius 1 is 1.38 bits per heavy atom. The van der Waals surface area contributed by atoms with Gasteiger partial charge in [0, 0.05) is 12.6 Å². The van der Waals surface area contributed by atoms with Crippen LogP contribution in [0.25, 0.3) is 0 Å². The Hall–Kier alpha value is -1.85. The average Bonchev–Trinajstić information content (AvgIpc) is 2.71. The first kappa shape index (κ1) is 7.78. The van der Waals surface area contributed by atoms with Gasteiger partial charge < -0.3 is 10.3 Å². The zero-order chi connectivity index (χ0) is 9.26. The molecule has 13 heavy (non-hydrogen) atoms. The molecule has 2 aromatic rings. The molecular formula is C7H10N6. The lowest BCUT2D eigenvalue weighted by Crippen LogP contribution is -2.02. The number of anilines is 1. The summed E-state index contributed by atoms with van der Waals surface area (Å²) in [4.78, 5) is 0. The van der Waals surface area contributed by atoms with Crippen LogP contribution in [0.4, 0.5) is 5.82 Å². The molecule has 0 bridgehead atoms. The summed E-state index contributed by atoms with van der Waals surface area (Å²) in [6, 6.07) is 0. The molecule has 0 saturated heterocycles. The van der Waals surface area contributed by atoms with Gasteiger partial charge in [-0.1, -0.05) is 0 Å². The molecule has 0 radical (unpaired) electrons. The van der Waals surface area contributed by atoms with E-state index in [1.807, 2.05) is 11.6 Å². The van der Waals surface area contributed by atoms with E-state index in [0.717, 1.165) is 5.56 Å². The molecule has 2 aromatic heterocycles. The number of aromatic nitrogens is 5. The van der Waals surface area contributed by atoms with Crippen LogP contribution >= 0.6 is 0 Å². The van der Waals surface area contributed by atoms with Crippen LogP contribution in [0, 0.1) is 0 Å². The van der Waals surface area contributed by atoms with Gasteiger partial charge in [-0.3, -0.25) is 4.68 Å². The van der Waals surface area contributed by atoms with Gasteiger partial charge in [-0.25, -0.2) is 0 Å². The lowest BCUT2D eigenvalue weighted by molar-refractivity contribution is 0.774. The monoisotopic (exact) mass is 178 g/mol. The summed E-state index contributed by atoms with van der Waals surface area (Å²) in [7, 11) is 1.81. The number of hydrogen-bond acceptors (Lipinski definition) is 4. The summed E-state index contributed by atoms with van der Waals surface area (Å²) in [6.07, 6.45) is 5.04. The van der Waals surface area contributed by atoms with E-state index in [1.54, 1.807) is 23.5 Å². The van der Waals surface area contributed by atoms with Gasteiger partial charge in [0.05, 0.1) is 12.7 Å². The van der Waals surface area contributed by atoms with E-state index in [9.17, 15) is 0 Å². The van der Waals surface area contributed by atoms with Gasteiger partial charge in [0.25, 0.3) is 0 Å². The fraction of sp³-hybridized carbons (Fsp3) is 0.286. The molecule has 6 heteroatoms. The van der Waals surface area contributed by atoms with Crippen LogP contribution in [0.2, 0.25) is 0 Å². The van der Waals surface area contributed by atoms with Gasteiger partial charge in [0.1, 0.15) is 18.5 Å². The molecule has 0 aliphatic carbocycles. The SMILES string of the molecule is Cn1ncc(Cn2cnnc2)c1N. The van der Waals surface area contributed by atoms with E-state index < -0.39 is 0 Å². The van der Waals surface area contributed by atoms with Crippen molar-refractivity contribution in [2.45, 2.75) is 6.54 Å². The van der Waals surface area contributed by atoms with E-state index in [4.69, 9.17) is 5.73 Å². The fourth-order valence-electron chi connectivity index (χ4n) is 1.11. The molecule has 2 rings (SSSR count). The van der Waals surface area contributed by atoms with E-state index in [-0.39, 0.29) is 0 Å². The number of nitrogens with zero attached hydrogens (tertiary/aromatic N) is 5. The molecule has 6 nitrogen and oxygen atoms in total. The lowest BCUT2D eigenvalue weighted by atomic mass is 10.3. The second-order valence-corrected chi connectivity index (χ2v) is 2.81. The summed E-state index contributed by atoms with van der Waals surface area (Å²) in [5, 5.41) is 11.4. The standard InChI is InChI=1S/C7H10N6/c1-12-7(8)6(2-11-12)3-13-4-9-10-5-13/h2,4-5H,3,8H2,1H3. The molecule has 0 saturated carbocycles. The largest absolute Gasteiger partial charge is 0.384 e. The highest BCUT2D eigenvalue weighted by Gasteiger charge is 2.04. The normalized spacial score (nSPS) is 10.5. The van der Waals surface area contributed by atoms with Gasteiger partial charge in [-0.15, -0.1) is 10.2 Å². The zero-order valence-electron chi connectivity index (χ0n) is 7.25. The van der Waals surface area contributed by atoms with Crippen LogP contribution < -0.4 is 5.73 Å². The van der Waals surface area contributed by atoms with Crippen molar-refractivity contribution in [1.82, 2.24) is 24.5 Å². The predicted octanol–water partition coefficient (Wildman–Crippen LogP) is -0.358. The first-order valence-corrected chi connectivity index (χ1v) is 3.86. The molecule has 0 aliphatic rings. The quantitative estimate of drug-likeness (QED) is 0.681. The molecule has 0 aliphatic heterocycles. The summed E-state index contributed by atoms with van der Waals surface area (Å²) < 4.78 is 3.48. The van der Waals surface area contributed by atoms with Gasteiger partial charge in [0.15, 0.2) is 0 Å². The van der Waals surface area contributed by atoms with Crippen molar-refractivity contribution >= 4 is 5.82 Å². The van der Waals surface area contributed by atoms with Crippen LogP contribution in [-0.4, -0.2) is 24.5 Å². The van der Waals surface area contributed by atoms with Crippen LogP contribution in [0.3, 0.4) is 0 Å². The number of rotatable bonds is 2. The minimum atomic E-state index is 0.659. The molecule has 0 aromatic carbocycles. The van der Waals surface area contributed by atoms with Crippen LogP contribution in [0.5, 0.6) is 0 Å². The van der Waals surface area contributed by atoms with Crippen LogP contribution in [0.1, 0.15) is 5.56 Å². The summed E-state index contributed by atoms with van der Waals surface area (Å²) >= 11 is 0. The maximum absolute atomic E-state index is 5.77. The Bertz CT molecular complexity index is 387. The Kier molecular flexibility index (Phi) is 1.73. The summed E-state index contributed by atoms with van der Waals surface area (Å²) in [5.41, 5.74) is 6.74. The maximum Gasteiger partial charge on any atom is 0.126 e. The highest BCUT2D eigenvalue weighted by atomic mass is 15.3. The second kappa shape index (κ2) is 2.89. The van der Waals surface area contributed by atoms with Crippen molar-refractivity contribution in [3.8, 4) is 0 Å². The Morgan fingerprint density at radius 3 is 2.62 bits per heavy atom. The molecule has 0 unspecified atom stereocenters. The summed E-state index contributed by atoms with van der Waals surface area (Å²) in [5.74, 6) is 0.675. The van der Waals surface area contributed by atoms with Crippen molar-refractivity contribution < 1.29 is 0 Å². The molecule has 68 valence electrons. The van der Waals surface area contributed by atoms with Crippen molar-refractivity contribution in [2.75, 3.05) is 5.73 Å². The minimum Gasteiger partial charge on any atom is -0.384 e. The number of aryl methyl sites for hydroxylation is 1. The third-order valence-corrected chi connectivity index (χ3v) is 1.88. The molecule has 0 atom stereocenters. The smallest absolute Gasteiger partial charge is 0.126 e. The van der Waals surface area contributed by atoms with Crippen molar-refractivity contribution in [3.63, 3.8) is 0 Å². The van der Waals surface area contributed by atoms with Gasteiger partial charge in [-0.05, 0) is 0 Å². The maximum atomic E-state index is 5.77. The highest BCUT2D eigenvalue weighted by molar-refractivity contribution is 5.38. The van der Waals surface area contributed by atoms with Gasteiger partial charge in [-0.2, -0.15) is 5.10 Å². The van der Waals surface area contributed by atoms with Crippen molar-refractivity contribution in [1.29, 1.82) is 0 Å². The topological polar surface area (TPSA) is 74.5 Å². The lowest BCUT2D eigenvalue weighted by Gasteiger charge is -1.99. The van der Waals surface area contributed by atoms with E-state index in [1.165, 1.54) is 0 Å². The minimum absolute atomic E-state index is 0.659. The van der Waals surface area contributed by atoms with E-state index >= 15 is 0 Å². The molecule has 2 heterocycles. The zero-order valence-corrected chi connectivity index (χ0v) is 7.25. The van der Waals surface area contributed by atoms with Gasteiger partial charge in [0.2, 0.25) is 0 Å². The Labute approximate surface area is 75.0 Å². The first-order valence-electron chi connectivity index (χ1n) is 3.86. The fourth-order valence-corrected chi connectivity index (χ4v) is 1.11. The second-order valence-electron chi connectivity index (χ2n) is 2.81. The van der Waals surface area contributed by atoms with E-state index in [0.29, 0.717) is 12.4 Å². The molecule has 2 N–H and O–H groups in total. The predicted molar refractivity (Wildman–Crippen MR) is 46.7 cm³/mol. The first-order chi connectivity index (χ1) is 6.27. The van der Waals surface area contributed by atoms with Crippen molar-refractivity contribution in [2.24, 2.45) is 7.05 Å². The number of hydrogen-bond donors (Lipinski definition) is 1. The number of nitrogens with two attached hydrogens (primary N) is 1. The highest BCUT2D eigenvalue weighted by Crippen LogP contribution is 2.10. The van der Waals surface area contributed by atoms with Crippen LogP contribution in [0.15, 0.2) is 18.9 Å². The van der Waals surface area contributed by atoms with Crippen molar-refractivity contribution in [3.05, 3.63) is 24.4 Å². The molecule has 0 fully saturated rings. The number of nitrogen functional groups attached to an aromatic ring is 1. The van der Waals surface area contributed by atoms with Gasteiger partial charge >= 0.3 is 0 Å². The van der Waals surface area contributed by atoms with E-state index in [2.05, 4.69) is 15.3 Å². The third-order valence-electron chi connectivity index (χ3n) is 1.88.